The SMILES string of the molecule is C1CCOC1.CCOC(=O)C(=C[N]1c2ccccc2[N](C=C(C(=O)OCC)C(=O)OCC)[Al]1[Cl])C(=O)OCC. The first-order chi connectivity index (χ1) is 18.8. The minimum absolute atomic E-state index is 0.0607. The topological polar surface area (TPSA) is 121 Å². The van der Waals surface area contributed by atoms with Crippen LogP contribution in [-0.4, -0.2) is 77.2 Å². The smallest absolute Gasteiger partial charge is 0.462 e. The van der Waals surface area contributed by atoms with Gasteiger partial charge in [0.05, 0.1) is 26.4 Å². The van der Waals surface area contributed by atoms with E-state index in [4.69, 9.17) is 33.7 Å². The number of carbonyl (C=O) groups excluding carboxylic acids is 4. The second-order valence-electron chi connectivity index (χ2n) is 7.90. The Labute approximate surface area is 237 Å². The van der Waals surface area contributed by atoms with Crippen LogP contribution in [0.5, 0.6) is 0 Å². The van der Waals surface area contributed by atoms with Crippen LogP contribution in [0.25, 0.3) is 0 Å². The Hall–Kier alpha value is -3.04. The number of fused-ring (bicyclic) bond motifs is 1. The fourth-order valence-corrected chi connectivity index (χ4v) is 6.20. The molecule has 39 heavy (non-hydrogen) atoms. The molecule has 2 aliphatic rings. The lowest BCUT2D eigenvalue weighted by molar-refractivity contribution is -0.148. The van der Waals surface area contributed by atoms with Crippen LogP contribution >= 0.6 is 10.0 Å². The van der Waals surface area contributed by atoms with Gasteiger partial charge in [-0.15, -0.1) is 0 Å². The zero-order valence-corrected chi connectivity index (χ0v) is 24.6. The van der Waals surface area contributed by atoms with Crippen LogP contribution in [0.15, 0.2) is 47.8 Å². The van der Waals surface area contributed by atoms with E-state index in [0.29, 0.717) is 11.4 Å². The van der Waals surface area contributed by atoms with Gasteiger partial charge in [-0.05, 0) is 52.7 Å². The van der Waals surface area contributed by atoms with Crippen LogP contribution in [0.3, 0.4) is 0 Å². The van der Waals surface area contributed by atoms with Crippen LogP contribution in [0.2, 0.25) is 0 Å². The second kappa shape index (κ2) is 16.8. The number of benzene rings is 1. The number of hydrogen-bond donors (Lipinski definition) is 0. The minimum Gasteiger partial charge on any atom is -0.462 e. The number of nitrogens with zero attached hydrogens (tertiary/aromatic N) is 2. The third-order valence-electron chi connectivity index (χ3n) is 5.24. The van der Waals surface area contributed by atoms with Gasteiger partial charge in [0.25, 0.3) is 0 Å². The molecule has 1 aromatic carbocycles. The molecule has 0 aliphatic carbocycles. The van der Waals surface area contributed by atoms with Gasteiger partial charge in [-0.2, -0.15) is 10.0 Å². The van der Waals surface area contributed by atoms with E-state index in [9.17, 15) is 19.2 Å². The molecule has 3 rings (SSSR count). The Bertz CT molecular complexity index is 951. The average Bonchev–Trinajstić information content (AvgIpc) is 3.57. The summed E-state index contributed by atoms with van der Waals surface area (Å²) in [4.78, 5) is 49.8. The third-order valence-corrected chi connectivity index (χ3v) is 8.28. The van der Waals surface area contributed by atoms with E-state index in [-0.39, 0.29) is 37.6 Å². The Morgan fingerprint density at radius 2 is 1.08 bits per heavy atom. The van der Waals surface area contributed by atoms with Gasteiger partial charge in [0.2, 0.25) is 0 Å². The lowest BCUT2D eigenvalue weighted by Gasteiger charge is -2.20. The van der Waals surface area contributed by atoms with Crippen LogP contribution in [0, 0.1) is 0 Å². The zero-order chi connectivity index (χ0) is 28.8. The van der Waals surface area contributed by atoms with Crippen molar-refractivity contribution in [3.8, 4) is 0 Å². The number of esters is 4. The Kier molecular flexibility index (Phi) is 13.9. The molecule has 0 spiro atoms. The summed E-state index contributed by atoms with van der Waals surface area (Å²) in [7, 11) is 6.82. The predicted octanol–water partition coefficient (Wildman–Crippen LogP) is 3.35. The van der Waals surface area contributed by atoms with Crippen molar-refractivity contribution in [1.29, 1.82) is 0 Å². The van der Waals surface area contributed by atoms with Crippen molar-refractivity contribution >= 4 is 59.0 Å². The quantitative estimate of drug-likeness (QED) is 0.101. The first-order valence-electron chi connectivity index (χ1n) is 12.8. The molecular formula is C26H34AlClN2O9. The first kappa shape index (κ1) is 32.2. The van der Waals surface area contributed by atoms with Gasteiger partial charge in [0.1, 0.15) is 0 Å². The van der Waals surface area contributed by atoms with Gasteiger partial charge in [-0.25, -0.2) is 19.2 Å². The Morgan fingerprint density at radius 3 is 1.33 bits per heavy atom. The molecule has 13 heteroatoms. The summed E-state index contributed by atoms with van der Waals surface area (Å²) < 4.78 is 28.1. The third kappa shape index (κ3) is 9.00. The maximum absolute atomic E-state index is 12.5. The molecule has 212 valence electrons. The number of anilines is 2. The zero-order valence-electron chi connectivity index (χ0n) is 22.6. The predicted molar refractivity (Wildman–Crippen MR) is 146 cm³/mol. The molecule has 0 radical (unpaired) electrons. The number of halogens is 1. The van der Waals surface area contributed by atoms with Crippen molar-refractivity contribution < 1.29 is 42.9 Å². The molecule has 0 aromatic heterocycles. The number of ether oxygens (including phenoxy) is 5. The molecule has 2 aliphatic heterocycles. The van der Waals surface area contributed by atoms with E-state index in [2.05, 4.69) is 0 Å². The lowest BCUT2D eigenvalue weighted by Crippen LogP contribution is -2.40. The minimum atomic E-state index is -2.77. The van der Waals surface area contributed by atoms with Crippen molar-refractivity contribution in [3.63, 3.8) is 0 Å². The average molecular weight is 581 g/mol. The van der Waals surface area contributed by atoms with Gasteiger partial charge in [-0.1, -0.05) is 12.1 Å². The Balaban J connectivity index is 0.000000953. The van der Waals surface area contributed by atoms with Crippen molar-refractivity contribution in [3.05, 3.63) is 47.8 Å². The Morgan fingerprint density at radius 1 is 0.744 bits per heavy atom. The summed E-state index contributed by atoms with van der Waals surface area (Å²) in [5.41, 5.74) is 0.448. The highest BCUT2D eigenvalue weighted by Crippen LogP contribution is 2.40. The van der Waals surface area contributed by atoms with E-state index < -0.39 is 37.5 Å². The number of hydrogen-bond acceptors (Lipinski definition) is 11. The van der Waals surface area contributed by atoms with Crippen molar-refractivity contribution in [2.45, 2.75) is 40.5 Å². The van der Waals surface area contributed by atoms with Gasteiger partial charge in [0.15, 0.2) is 11.1 Å². The van der Waals surface area contributed by atoms with Gasteiger partial charge in [0, 0.05) is 37.0 Å². The highest BCUT2D eigenvalue weighted by molar-refractivity contribution is 7.12. The normalized spacial score (nSPS) is 13.4. The molecule has 0 atom stereocenters. The van der Waals surface area contributed by atoms with Crippen molar-refractivity contribution in [1.82, 2.24) is 0 Å². The van der Waals surface area contributed by atoms with Crippen molar-refractivity contribution in [2.75, 3.05) is 47.4 Å². The fourth-order valence-electron chi connectivity index (χ4n) is 3.53. The standard InChI is InChI=1S/C22H28N2O8.C4H8O.Al.ClH/c1-5-29-19(25)15(20(26)30-6-2)13-23-17-11-9-10-12-18(17)24-14-16(21(27)31-7-3)22(28)32-8-4;1-2-4-5-3-1;;/h9-14H,5-8H2,1-4H3,(H2,23,24,25,26,27,28);1-4H2;;1H/q;;+3;/p-3. The van der Waals surface area contributed by atoms with Crippen LogP contribution in [0.1, 0.15) is 40.5 Å². The molecule has 2 heterocycles. The van der Waals surface area contributed by atoms with Crippen LogP contribution in [0.4, 0.5) is 11.4 Å². The maximum atomic E-state index is 12.5. The first-order valence-corrected chi connectivity index (χ1v) is 15.6. The fraction of sp³-hybridized carbons (Fsp3) is 0.462. The molecular weight excluding hydrogens is 547 g/mol. The maximum Gasteiger partial charge on any atom is 0.716 e. The van der Waals surface area contributed by atoms with E-state index in [1.165, 1.54) is 25.2 Å². The molecule has 0 bridgehead atoms. The molecule has 1 saturated heterocycles. The summed E-state index contributed by atoms with van der Waals surface area (Å²) in [5.74, 6) is -3.43. The van der Waals surface area contributed by atoms with E-state index >= 15 is 0 Å². The molecule has 0 N–H and O–H groups in total. The molecule has 1 fully saturated rings. The van der Waals surface area contributed by atoms with Gasteiger partial charge in [-0.3, -0.25) is 0 Å². The van der Waals surface area contributed by atoms with Crippen molar-refractivity contribution in [2.24, 2.45) is 0 Å². The molecule has 11 nitrogen and oxygen atoms in total. The van der Waals surface area contributed by atoms with E-state index in [0.717, 1.165) is 13.2 Å². The second-order valence-corrected chi connectivity index (χ2v) is 10.8. The highest BCUT2D eigenvalue weighted by Gasteiger charge is 2.44. The molecule has 0 unspecified atom stereocenters. The molecule has 0 saturated carbocycles. The van der Waals surface area contributed by atoms with E-state index in [1.54, 1.807) is 59.7 Å². The van der Waals surface area contributed by atoms with Gasteiger partial charge < -0.3 is 31.5 Å². The summed E-state index contributed by atoms with van der Waals surface area (Å²) >= 11 is -2.77. The summed E-state index contributed by atoms with van der Waals surface area (Å²) in [6.07, 6.45) is 5.11. The van der Waals surface area contributed by atoms with Crippen LogP contribution < -0.4 is 7.77 Å². The molecule has 0 amide bonds. The number of para-hydroxylation sites is 2. The summed E-state index contributed by atoms with van der Waals surface area (Å²) in [6, 6.07) is 6.95. The number of rotatable bonds is 10. The lowest BCUT2D eigenvalue weighted by atomic mass is 10.2. The largest absolute Gasteiger partial charge is 0.716 e. The number of carbonyl (C=O) groups is 4. The summed E-state index contributed by atoms with van der Waals surface area (Å²) in [5, 5.41) is 0. The van der Waals surface area contributed by atoms with E-state index in [1.807, 2.05) is 0 Å². The highest BCUT2D eigenvalue weighted by atomic mass is 35.6. The van der Waals surface area contributed by atoms with Crippen LogP contribution in [-0.2, 0) is 42.9 Å². The molecule has 1 aromatic rings. The monoisotopic (exact) mass is 580 g/mol. The van der Waals surface area contributed by atoms with Gasteiger partial charge >= 0.3 is 37.5 Å². The summed E-state index contributed by atoms with van der Waals surface area (Å²) in [6.45, 7) is 8.70.